The van der Waals surface area contributed by atoms with E-state index in [1.165, 1.54) is 36.0 Å². The molecule has 0 saturated heterocycles. The summed E-state index contributed by atoms with van der Waals surface area (Å²) in [5.41, 5.74) is 4.18. The van der Waals surface area contributed by atoms with Gasteiger partial charge in [0.1, 0.15) is 0 Å². The van der Waals surface area contributed by atoms with Gasteiger partial charge < -0.3 is 5.32 Å². The minimum atomic E-state index is -0.0992. The molecule has 0 radical (unpaired) electrons. The number of fused-ring (bicyclic) bond motifs is 1. The van der Waals surface area contributed by atoms with Crippen molar-refractivity contribution < 1.29 is 4.79 Å². The summed E-state index contributed by atoms with van der Waals surface area (Å²) in [6, 6.07) is 14.5. The first-order valence-electron chi connectivity index (χ1n) is 9.95. The first kappa shape index (κ1) is 20.3. The van der Waals surface area contributed by atoms with Crippen LogP contribution in [0.4, 0.5) is 0 Å². The molecule has 1 aliphatic rings. The van der Waals surface area contributed by atoms with Gasteiger partial charge in [-0.05, 0) is 79.5 Å². The Morgan fingerprint density at radius 1 is 1.04 bits per heavy atom. The highest BCUT2D eigenvalue weighted by molar-refractivity contribution is 8.00. The van der Waals surface area contributed by atoms with Crippen molar-refractivity contribution in [1.29, 1.82) is 0 Å². The molecule has 0 heterocycles. The molecule has 0 aliphatic heterocycles. The zero-order chi connectivity index (χ0) is 19.2. The molecule has 2 atom stereocenters. The maximum Gasteiger partial charge on any atom is 0.233 e. The van der Waals surface area contributed by atoms with E-state index in [0.29, 0.717) is 0 Å². The van der Waals surface area contributed by atoms with E-state index in [9.17, 15) is 4.79 Å². The molecule has 3 rings (SSSR count). The minimum absolute atomic E-state index is 0.0737. The van der Waals surface area contributed by atoms with Crippen LogP contribution < -0.4 is 5.32 Å². The second-order valence-electron chi connectivity index (χ2n) is 7.17. The summed E-state index contributed by atoms with van der Waals surface area (Å²) in [5.74, 6) is 0.113. The standard InChI is InChI=1S/C23H28ClNOS/c1-3-21(18-10-9-16-7-5-6-8-17(16)15-18)25-23(26)22(4-2)27-20-13-11-19(24)12-14-20/h9-15,21-22H,3-8H2,1-2H3,(H,25,26)/t21-,22-/m0/s1. The van der Waals surface area contributed by atoms with Crippen LogP contribution in [-0.2, 0) is 17.6 Å². The van der Waals surface area contributed by atoms with Crippen LogP contribution in [0.15, 0.2) is 47.4 Å². The first-order valence-corrected chi connectivity index (χ1v) is 11.2. The predicted molar refractivity (Wildman–Crippen MR) is 116 cm³/mol. The third-order valence-corrected chi connectivity index (χ3v) is 6.88. The van der Waals surface area contributed by atoms with Crippen molar-refractivity contribution in [2.75, 3.05) is 0 Å². The third-order valence-electron chi connectivity index (χ3n) is 5.25. The van der Waals surface area contributed by atoms with Crippen LogP contribution in [-0.4, -0.2) is 11.2 Å². The van der Waals surface area contributed by atoms with Crippen molar-refractivity contribution in [1.82, 2.24) is 5.32 Å². The highest BCUT2D eigenvalue weighted by Gasteiger charge is 2.22. The van der Waals surface area contributed by atoms with Crippen molar-refractivity contribution >= 4 is 29.3 Å². The lowest BCUT2D eigenvalue weighted by molar-refractivity contribution is -0.121. The summed E-state index contributed by atoms with van der Waals surface area (Å²) in [7, 11) is 0. The largest absolute Gasteiger partial charge is 0.348 e. The summed E-state index contributed by atoms with van der Waals surface area (Å²) in [5, 5.41) is 3.91. The summed E-state index contributed by atoms with van der Waals surface area (Å²) >= 11 is 7.57. The van der Waals surface area contributed by atoms with Crippen molar-refractivity contribution in [3.8, 4) is 0 Å². The number of carbonyl (C=O) groups is 1. The average Bonchev–Trinajstić information content (AvgIpc) is 2.71. The molecule has 0 aromatic heterocycles. The number of thioether (sulfide) groups is 1. The lowest BCUT2D eigenvalue weighted by Gasteiger charge is -2.23. The van der Waals surface area contributed by atoms with Crippen LogP contribution in [0, 0.1) is 0 Å². The number of hydrogen-bond acceptors (Lipinski definition) is 2. The van der Waals surface area contributed by atoms with Gasteiger partial charge in [-0.2, -0.15) is 0 Å². The van der Waals surface area contributed by atoms with Crippen molar-refractivity contribution in [3.63, 3.8) is 0 Å². The van der Waals surface area contributed by atoms with Crippen molar-refractivity contribution in [2.24, 2.45) is 0 Å². The van der Waals surface area contributed by atoms with Crippen LogP contribution in [0.3, 0.4) is 0 Å². The van der Waals surface area contributed by atoms with Gasteiger partial charge in [0.2, 0.25) is 5.91 Å². The number of benzene rings is 2. The molecular weight excluding hydrogens is 374 g/mol. The van der Waals surface area contributed by atoms with Gasteiger partial charge >= 0.3 is 0 Å². The van der Waals surface area contributed by atoms with E-state index in [-0.39, 0.29) is 17.2 Å². The summed E-state index contributed by atoms with van der Waals surface area (Å²) in [6.07, 6.45) is 6.61. The number of aryl methyl sites for hydroxylation is 2. The van der Waals surface area contributed by atoms with Crippen LogP contribution in [0.1, 0.15) is 62.3 Å². The van der Waals surface area contributed by atoms with E-state index in [4.69, 9.17) is 11.6 Å². The molecule has 2 aromatic rings. The Kier molecular flexibility index (Phi) is 7.26. The first-order chi connectivity index (χ1) is 13.1. The highest BCUT2D eigenvalue weighted by atomic mass is 35.5. The number of nitrogens with one attached hydrogen (secondary N) is 1. The Morgan fingerprint density at radius 3 is 2.41 bits per heavy atom. The minimum Gasteiger partial charge on any atom is -0.348 e. The number of hydrogen-bond donors (Lipinski definition) is 1. The Labute approximate surface area is 172 Å². The van der Waals surface area contributed by atoms with E-state index < -0.39 is 0 Å². The molecule has 144 valence electrons. The van der Waals surface area contributed by atoms with Gasteiger partial charge in [0.15, 0.2) is 0 Å². The number of rotatable bonds is 7. The van der Waals surface area contributed by atoms with Crippen LogP contribution in [0.2, 0.25) is 5.02 Å². The Hall–Kier alpha value is -1.45. The summed E-state index contributed by atoms with van der Waals surface area (Å²) in [4.78, 5) is 14.0. The predicted octanol–water partition coefficient (Wildman–Crippen LogP) is 6.36. The summed E-state index contributed by atoms with van der Waals surface area (Å²) in [6.45, 7) is 4.20. The Morgan fingerprint density at radius 2 is 1.74 bits per heavy atom. The lowest BCUT2D eigenvalue weighted by Crippen LogP contribution is -2.35. The van der Waals surface area contributed by atoms with Crippen LogP contribution >= 0.6 is 23.4 Å². The monoisotopic (exact) mass is 401 g/mol. The van der Waals surface area contributed by atoms with Crippen LogP contribution in [0.25, 0.3) is 0 Å². The SMILES string of the molecule is CC[C@H](Sc1ccc(Cl)cc1)C(=O)N[C@@H](CC)c1ccc2c(c1)CCCC2. The number of amides is 1. The zero-order valence-corrected chi connectivity index (χ0v) is 17.7. The van der Waals surface area contributed by atoms with Gasteiger partial charge in [-0.15, -0.1) is 11.8 Å². The molecule has 0 bridgehead atoms. The van der Waals surface area contributed by atoms with Gasteiger partial charge in [0.05, 0.1) is 11.3 Å². The Bertz CT molecular complexity index is 774. The van der Waals surface area contributed by atoms with Gasteiger partial charge in [-0.3, -0.25) is 4.79 Å². The van der Waals surface area contributed by atoms with Gasteiger partial charge in [-0.1, -0.05) is 43.6 Å². The maximum absolute atomic E-state index is 12.9. The van der Waals surface area contributed by atoms with Gasteiger partial charge in [-0.25, -0.2) is 0 Å². The van der Waals surface area contributed by atoms with E-state index in [1.54, 1.807) is 11.8 Å². The molecule has 2 nitrogen and oxygen atoms in total. The third kappa shape index (κ3) is 5.30. The van der Waals surface area contributed by atoms with E-state index in [1.807, 2.05) is 24.3 Å². The van der Waals surface area contributed by atoms with E-state index in [2.05, 4.69) is 37.4 Å². The second-order valence-corrected chi connectivity index (χ2v) is 8.89. The zero-order valence-electron chi connectivity index (χ0n) is 16.1. The molecule has 1 amide bonds. The second kappa shape index (κ2) is 9.66. The van der Waals surface area contributed by atoms with Gasteiger partial charge in [0, 0.05) is 9.92 Å². The lowest BCUT2D eigenvalue weighted by atomic mass is 9.89. The molecule has 27 heavy (non-hydrogen) atoms. The molecule has 0 unspecified atom stereocenters. The number of carbonyl (C=O) groups excluding carboxylic acids is 1. The smallest absolute Gasteiger partial charge is 0.233 e. The van der Waals surface area contributed by atoms with Gasteiger partial charge in [0.25, 0.3) is 0 Å². The van der Waals surface area contributed by atoms with Crippen LogP contribution in [0.5, 0.6) is 0 Å². The molecular formula is C23H28ClNOS. The fourth-order valence-corrected chi connectivity index (χ4v) is 4.75. The summed E-state index contributed by atoms with van der Waals surface area (Å²) < 4.78 is 0. The fourth-order valence-electron chi connectivity index (χ4n) is 3.66. The molecule has 0 saturated carbocycles. The molecule has 0 spiro atoms. The molecule has 0 fully saturated rings. The highest BCUT2D eigenvalue weighted by Crippen LogP contribution is 2.29. The molecule has 2 aromatic carbocycles. The maximum atomic E-state index is 12.9. The van der Waals surface area contributed by atoms with Crippen molar-refractivity contribution in [3.05, 3.63) is 64.2 Å². The molecule has 4 heteroatoms. The fraction of sp³-hybridized carbons (Fsp3) is 0.435. The molecule has 1 N–H and O–H groups in total. The topological polar surface area (TPSA) is 29.1 Å². The Balaban J connectivity index is 1.68. The number of halogens is 1. The van der Waals surface area contributed by atoms with E-state index in [0.717, 1.165) is 29.2 Å². The average molecular weight is 402 g/mol. The quantitative estimate of drug-likeness (QED) is 0.547. The molecule has 1 aliphatic carbocycles. The normalized spacial score (nSPS) is 15.7. The van der Waals surface area contributed by atoms with Crippen molar-refractivity contribution in [2.45, 2.75) is 68.6 Å². The van der Waals surface area contributed by atoms with E-state index >= 15 is 0 Å².